The first kappa shape index (κ1) is 14.0. The molecule has 5 heteroatoms. The smallest absolute Gasteiger partial charge is 0.241 e. The van der Waals surface area contributed by atoms with Gasteiger partial charge in [0, 0.05) is 28.3 Å². The first-order valence-electron chi connectivity index (χ1n) is 6.97. The van der Waals surface area contributed by atoms with Crippen molar-refractivity contribution >= 4 is 16.7 Å². The Morgan fingerprint density at radius 2 is 2.00 bits per heavy atom. The molecule has 2 saturated heterocycles. The Hall–Kier alpha value is -0.420. The minimum absolute atomic E-state index is 0.0395. The highest BCUT2D eigenvalue weighted by Crippen LogP contribution is 2.26. The van der Waals surface area contributed by atoms with E-state index in [0.29, 0.717) is 5.92 Å². The van der Waals surface area contributed by atoms with Crippen molar-refractivity contribution in [1.29, 1.82) is 0 Å². The van der Waals surface area contributed by atoms with Gasteiger partial charge in [0.2, 0.25) is 5.91 Å². The molecule has 0 aromatic carbocycles. The lowest BCUT2D eigenvalue weighted by Crippen LogP contribution is -2.47. The summed E-state index contributed by atoms with van der Waals surface area (Å²) in [7, 11) is -0.661. The van der Waals surface area contributed by atoms with E-state index in [9.17, 15) is 9.00 Å². The molecule has 2 aliphatic heterocycles. The maximum atomic E-state index is 12.5. The molecule has 18 heavy (non-hydrogen) atoms. The highest BCUT2D eigenvalue weighted by molar-refractivity contribution is 7.85. The van der Waals surface area contributed by atoms with Gasteiger partial charge in [0.05, 0.1) is 12.2 Å². The Balaban J connectivity index is 2.10. The Morgan fingerprint density at radius 1 is 1.39 bits per heavy atom. The van der Waals surface area contributed by atoms with Crippen molar-refractivity contribution in [2.24, 2.45) is 5.92 Å². The standard InChI is InChI=1S/C13H24N2O2S/c1-4-11-14-12(9(2)3)13(16)15(11)10-5-7-18(17)8-6-10/h9-12,14H,4-8H2,1-3H3. The summed E-state index contributed by atoms with van der Waals surface area (Å²) in [6.07, 6.45) is 2.89. The van der Waals surface area contributed by atoms with Crippen LogP contribution in [0, 0.1) is 5.92 Å². The van der Waals surface area contributed by atoms with Gasteiger partial charge in [-0.15, -0.1) is 0 Å². The third-order valence-corrected chi connectivity index (χ3v) is 5.41. The minimum Gasteiger partial charge on any atom is -0.323 e. The Morgan fingerprint density at radius 3 is 2.50 bits per heavy atom. The predicted octanol–water partition coefficient (Wildman–Crippen LogP) is 1.09. The quantitative estimate of drug-likeness (QED) is 0.837. The summed E-state index contributed by atoms with van der Waals surface area (Å²) in [6, 6.07) is 0.249. The van der Waals surface area contributed by atoms with E-state index in [4.69, 9.17) is 0 Å². The average molecular weight is 272 g/mol. The molecule has 2 fully saturated rings. The summed E-state index contributed by atoms with van der Waals surface area (Å²) in [5.74, 6) is 2.07. The zero-order chi connectivity index (χ0) is 13.3. The van der Waals surface area contributed by atoms with Gasteiger partial charge in [0.25, 0.3) is 0 Å². The fraction of sp³-hybridized carbons (Fsp3) is 0.923. The van der Waals surface area contributed by atoms with Crippen LogP contribution in [-0.2, 0) is 15.6 Å². The lowest BCUT2D eigenvalue weighted by molar-refractivity contribution is -0.133. The Kier molecular flexibility index (Phi) is 4.43. The second kappa shape index (κ2) is 5.70. The number of carbonyl (C=O) groups is 1. The summed E-state index contributed by atoms with van der Waals surface area (Å²) in [6.45, 7) is 6.28. The number of rotatable bonds is 3. The van der Waals surface area contributed by atoms with Crippen LogP contribution in [0.5, 0.6) is 0 Å². The van der Waals surface area contributed by atoms with Gasteiger partial charge in [-0.05, 0) is 25.2 Å². The van der Waals surface area contributed by atoms with Crippen LogP contribution in [0.15, 0.2) is 0 Å². The van der Waals surface area contributed by atoms with Gasteiger partial charge in [0.15, 0.2) is 0 Å². The van der Waals surface area contributed by atoms with Crippen molar-refractivity contribution in [3.8, 4) is 0 Å². The number of nitrogens with zero attached hydrogens (tertiary/aromatic N) is 1. The van der Waals surface area contributed by atoms with Crippen LogP contribution < -0.4 is 5.32 Å². The molecule has 2 atom stereocenters. The van der Waals surface area contributed by atoms with E-state index in [1.54, 1.807) is 0 Å². The van der Waals surface area contributed by atoms with Gasteiger partial charge in [-0.25, -0.2) is 0 Å². The van der Waals surface area contributed by atoms with Gasteiger partial charge in [-0.1, -0.05) is 20.8 Å². The van der Waals surface area contributed by atoms with Crippen molar-refractivity contribution in [3.05, 3.63) is 0 Å². The van der Waals surface area contributed by atoms with Crippen LogP contribution >= 0.6 is 0 Å². The van der Waals surface area contributed by atoms with Crippen LogP contribution in [0.1, 0.15) is 40.0 Å². The zero-order valence-corrected chi connectivity index (χ0v) is 12.3. The van der Waals surface area contributed by atoms with Crippen LogP contribution in [0.3, 0.4) is 0 Å². The van der Waals surface area contributed by atoms with E-state index >= 15 is 0 Å². The fourth-order valence-corrected chi connectivity index (χ4v) is 4.23. The molecule has 0 bridgehead atoms. The lowest BCUT2D eigenvalue weighted by Gasteiger charge is -2.34. The predicted molar refractivity (Wildman–Crippen MR) is 73.6 cm³/mol. The van der Waals surface area contributed by atoms with Crippen molar-refractivity contribution in [2.75, 3.05) is 11.5 Å². The Labute approximate surface area is 112 Å². The summed E-state index contributed by atoms with van der Waals surface area (Å²) >= 11 is 0. The maximum Gasteiger partial charge on any atom is 0.241 e. The summed E-state index contributed by atoms with van der Waals surface area (Å²) in [4.78, 5) is 14.5. The monoisotopic (exact) mass is 272 g/mol. The summed E-state index contributed by atoms with van der Waals surface area (Å²) in [5.41, 5.74) is 0. The second-order valence-electron chi connectivity index (χ2n) is 5.64. The molecule has 0 spiro atoms. The fourth-order valence-electron chi connectivity index (χ4n) is 2.96. The molecule has 0 radical (unpaired) electrons. The second-order valence-corrected chi connectivity index (χ2v) is 7.33. The number of hydrogen-bond donors (Lipinski definition) is 1. The lowest BCUT2D eigenvalue weighted by atomic mass is 10.0. The molecule has 0 aromatic rings. The highest BCUT2D eigenvalue weighted by atomic mass is 32.2. The van der Waals surface area contributed by atoms with Crippen molar-refractivity contribution in [1.82, 2.24) is 10.2 Å². The Bertz CT molecular complexity index is 336. The molecular formula is C13H24N2O2S. The van der Waals surface area contributed by atoms with E-state index in [0.717, 1.165) is 30.8 Å². The highest BCUT2D eigenvalue weighted by Gasteiger charge is 2.43. The first-order chi connectivity index (χ1) is 8.54. The molecule has 4 nitrogen and oxygen atoms in total. The van der Waals surface area contributed by atoms with E-state index in [1.165, 1.54) is 0 Å². The van der Waals surface area contributed by atoms with Crippen molar-refractivity contribution < 1.29 is 9.00 Å². The number of hydrogen-bond acceptors (Lipinski definition) is 3. The van der Waals surface area contributed by atoms with E-state index in [1.807, 2.05) is 4.90 Å². The van der Waals surface area contributed by atoms with E-state index < -0.39 is 10.8 Å². The number of carbonyl (C=O) groups excluding carboxylic acids is 1. The number of nitrogens with one attached hydrogen (secondary N) is 1. The molecule has 1 N–H and O–H groups in total. The third kappa shape index (κ3) is 2.62. The van der Waals surface area contributed by atoms with Crippen LogP contribution in [0.4, 0.5) is 0 Å². The average Bonchev–Trinajstić information content (AvgIpc) is 2.67. The topological polar surface area (TPSA) is 49.4 Å². The van der Waals surface area contributed by atoms with Crippen LogP contribution in [0.2, 0.25) is 0 Å². The maximum absolute atomic E-state index is 12.5. The molecule has 104 valence electrons. The molecule has 1 amide bonds. The molecule has 2 rings (SSSR count). The van der Waals surface area contributed by atoms with Crippen LogP contribution in [0.25, 0.3) is 0 Å². The summed E-state index contributed by atoms with van der Waals surface area (Å²) < 4.78 is 11.4. The molecule has 0 aliphatic carbocycles. The third-order valence-electron chi connectivity index (χ3n) is 4.03. The summed E-state index contributed by atoms with van der Waals surface area (Å²) in [5, 5.41) is 3.45. The molecular weight excluding hydrogens is 248 g/mol. The molecule has 2 aliphatic rings. The first-order valence-corrected chi connectivity index (χ1v) is 8.46. The SMILES string of the molecule is CCC1NC(C(C)C)C(=O)N1C1CCS(=O)CC1. The van der Waals surface area contributed by atoms with Gasteiger partial charge in [0.1, 0.15) is 0 Å². The zero-order valence-electron chi connectivity index (χ0n) is 11.5. The van der Waals surface area contributed by atoms with Crippen molar-refractivity contribution in [3.63, 3.8) is 0 Å². The van der Waals surface area contributed by atoms with Crippen LogP contribution in [-0.4, -0.2) is 44.8 Å². The largest absolute Gasteiger partial charge is 0.323 e. The minimum atomic E-state index is -0.661. The van der Waals surface area contributed by atoms with E-state index in [2.05, 4.69) is 26.1 Å². The molecule has 2 unspecified atom stereocenters. The molecule has 0 aromatic heterocycles. The van der Waals surface area contributed by atoms with Crippen molar-refractivity contribution in [2.45, 2.75) is 58.3 Å². The number of amides is 1. The van der Waals surface area contributed by atoms with Gasteiger partial charge in [-0.3, -0.25) is 14.3 Å². The normalized spacial score (nSPS) is 37.6. The molecule has 0 saturated carbocycles. The molecule has 2 heterocycles. The van der Waals surface area contributed by atoms with E-state index in [-0.39, 0.29) is 24.2 Å². The van der Waals surface area contributed by atoms with Gasteiger partial charge >= 0.3 is 0 Å². The van der Waals surface area contributed by atoms with Gasteiger partial charge in [-0.2, -0.15) is 0 Å². The van der Waals surface area contributed by atoms with Gasteiger partial charge < -0.3 is 4.90 Å².